The Kier molecular flexibility index (Phi) is 1.75. The minimum absolute atomic E-state index is 0.447. The summed E-state index contributed by atoms with van der Waals surface area (Å²) >= 11 is 5.69. The van der Waals surface area contributed by atoms with Crippen molar-refractivity contribution in [2.24, 2.45) is 0 Å². The lowest BCUT2D eigenvalue weighted by atomic mass is 10.4. The fourth-order valence-corrected chi connectivity index (χ4v) is 1.04. The fraction of sp³-hybridized carbons (Fsp3) is 0. The summed E-state index contributed by atoms with van der Waals surface area (Å²) in [6.07, 6.45) is 4.69. The van der Waals surface area contributed by atoms with Crippen molar-refractivity contribution < 1.29 is 0 Å². The van der Waals surface area contributed by atoms with Gasteiger partial charge >= 0.3 is 0 Å². The first-order valence-corrected chi connectivity index (χ1v) is 3.70. The van der Waals surface area contributed by atoms with E-state index in [0.29, 0.717) is 5.15 Å². The van der Waals surface area contributed by atoms with E-state index in [1.807, 2.05) is 0 Å². The molecule has 2 heterocycles. The van der Waals surface area contributed by atoms with Crippen LogP contribution in [0, 0.1) is 0 Å². The molecule has 0 aliphatic rings. The van der Waals surface area contributed by atoms with Gasteiger partial charge in [-0.15, -0.1) is 0 Å². The smallest absolute Gasteiger partial charge is 0.138 e. The maximum Gasteiger partial charge on any atom is 0.138 e. The van der Waals surface area contributed by atoms with Crippen molar-refractivity contribution in [3.8, 4) is 5.69 Å². The van der Waals surface area contributed by atoms with E-state index in [1.165, 1.54) is 6.33 Å². The zero-order valence-electron chi connectivity index (χ0n) is 6.05. The van der Waals surface area contributed by atoms with Crippen molar-refractivity contribution >= 4 is 11.6 Å². The van der Waals surface area contributed by atoms with Gasteiger partial charge in [-0.1, -0.05) is 11.6 Å². The van der Waals surface area contributed by atoms with Crippen LogP contribution in [0.1, 0.15) is 0 Å². The van der Waals surface area contributed by atoms with Gasteiger partial charge in [0.15, 0.2) is 0 Å². The first-order chi connectivity index (χ1) is 5.86. The maximum absolute atomic E-state index is 5.69. The van der Waals surface area contributed by atoms with Crippen LogP contribution in [0.25, 0.3) is 5.69 Å². The second-order valence-electron chi connectivity index (χ2n) is 2.18. The highest BCUT2D eigenvalue weighted by Gasteiger charge is 1.96. The Bertz CT molecular complexity index is 371. The maximum atomic E-state index is 5.69. The molecular formula is C7H5ClN4. The molecule has 0 radical (unpaired) electrons. The van der Waals surface area contributed by atoms with Gasteiger partial charge in [0.05, 0.1) is 5.69 Å². The molecule has 0 atom stereocenters. The van der Waals surface area contributed by atoms with Crippen LogP contribution in [0.3, 0.4) is 0 Å². The fourth-order valence-electron chi connectivity index (χ4n) is 0.876. The molecule has 0 saturated heterocycles. The van der Waals surface area contributed by atoms with Gasteiger partial charge in [-0.3, -0.25) is 0 Å². The summed E-state index contributed by atoms with van der Waals surface area (Å²) in [6.45, 7) is 0. The van der Waals surface area contributed by atoms with Gasteiger partial charge in [-0.25, -0.2) is 14.6 Å². The molecule has 2 aromatic heterocycles. The molecule has 0 saturated carbocycles. The van der Waals surface area contributed by atoms with E-state index in [4.69, 9.17) is 11.6 Å². The molecule has 0 aliphatic carbocycles. The molecule has 0 fully saturated rings. The number of aromatic nitrogens is 4. The van der Waals surface area contributed by atoms with Crippen LogP contribution in [0.2, 0.25) is 5.15 Å². The highest BCUT2D eigenvalue weighted by Crippen LogP contribution is 2.09. The lowest BCUT2D eigenvalue weighted by Crippen LogP contribution is -1.93. The predicted molar refractivity (Wildman–Crippen MR) is 44.2 cm³/mol. The van der Waals surface area contributed by atoms with E-state index in [2.05, 4.69) is 15.1 Å². The number of pyridine rings is 1. The first-order valence-electron chi connectivity index (χ1n) is 3.33. The Labute approximate surface area is 73.8 Å². The van der Waals surface area contributed by atoms with Crippen LogP contribution in [-0.4, -0.2) is 19.7 Å². The van der Waals surface area contributed by atoms with E-state index < -0.39 is 0 Å². The summed E-state index contributed by atoms with van der Waals surface area (Å²) in [5, 5.41) is 4.39. The van der Waals surface area contributed by atoms with E-state index >= 15 is 0 Å². The molecule has 0 amide bonds. The van der Waals surface area contributed by atoms with Crippen LogP contribution >= 0.6 is 11.6 Å². The predicted octanol–water partition coefficient (Wildman–Crippen LogP) is 1.32. The topological polar surface area (TPSA) is 43.6 Å². The van der Waals surface area contributed by atoms with Gasteiger partial charge < -0.3 is 0 Å². The molecule has 2 rings (SSSR count). The highest BCUT2D eigenvalue weighted by atomic mass is 35.5. The Balaban J connectivity index is 2.48. The van der Waals surface area contributed by atoms with Gasteiger partial charge in [-0.2, -0.15) is 5.10 Å². The normalized spacial score (nSPS) is 10.1. The third-order valence-electron chi connectivity index (χ3n) is 1.39. The van der Waals surface area contributed by atoms with E-state index in [1.54, 1.807) is 29.3 Å². The van der Waals surface area contributed by atoms with Gasteiger partial charge in [0, 0.05) is 12.3 Å². The second kappa shape index (κ2) is 2.91. The molecule has 0 unspecified atom stereocenters. The van der Waals surface area contributed by atoms with E-state index in [0.717, 1.165) is 5.69 Å². The molecule has 60 valence electrons. The van der Waals surface area contributed by atoms with Crippen LogP contribution in [0.15, 0.2) is 31.0 Å². The van der Waals surface area contributed by atoms with Crippen molar-refractivity contribution in [3.05, 3.63) is 36.1 Å². The van der Waals surface area contributed by atoms with Gasteiger partial charge in [0.1, 0.15) is 17.8 Å². The molecular weight excluding hydrogens is 176 g/mol. The highest BCUT2D eigenvalue weighted by molar-refractivity contribution is 6.29. The number of hydrogen-bond acceptors (Lipinski definition) is 3. The Morgan fingerprint density at radius 3 is 3.00 bits per heavy atom. The number of halogens is 1. The second-order valence-corrected chi connectivity index (χ2v) is 2.56. The molecule has 4 nitrogen and oxygen atoms in total. The van der Waals surface area contributed by atoms with Crippen LogP contribution in [0.4, 0.5) is 0 Å². The number of rotatable bonds is 1. The SMILES string of the molecule is Clc1cc(-n2cncn2)ccn1. The molecule has 0 bridgehead atoms. The van der Waals surface area contributed by atoms with Crippen LogP contribution < -0.4 is 0 Å². The standard InChI is InChI=1S/C7H5ClN4/c8-7-3-6(1-2-10-7)12-5-9-4-11-12/h1-5H. The van der Waals surface area contributed by atoms with Crippen molar-refractivity contribution in [3.63, 3.8) is 0 Å². The van der Waals surface area contributed by atoms with Crippen molar-refractivity contribution in [1.82, 2.24) is 19.7 Å². The summed E-state index contributed by atoms with van der Waals surface area (Å²) in [5.41, 5.74) is 0.854. The minimum Gasteiger partial charge on any atom is -0.244 e. The Hall–Kier alpha value is -1.42. The van der Waals surface area contributed by atoms with Crippen LogP contribution in [0.5, 0.6) is 0 Å². The summed E-state index contributed by atoms with van der Waals surface area (Å²) in [5.74, 6) is 0. The summed E-state index contributed by atoms with van der Waals surface area (Å²) in [7, 11) is 0. The largest absolute Gasteiger partial charge is 0.244 e. The molecule has 0 aliphatic heterocycles. The zero-order chi connectivity index (χ0) is 8.39. The lowest BCUT2D eigenvalue weighted by molar-refractivity contribution is 0.876. The number of hydrogen-bond donors (Lipinski definition) is 0. The molecule has 5 heteroatoms. The molecule has 0 spiro atoms. The zero-order valence-corrected chi connectivity index (χ0v) is 6.81. The summed E-state index contributed by atoms with van der Waals surface area (Å²) < 4.78 is 1.62. The number of nitrogens with zero attached hydrogens (tertiary/aromatic N) is 4. The summed E-state index contributed by atoms with van der Waals surface area (Å²) in [4.78, 5) is 7.67. The monoisotopic (exact) mass is 180 g/mol. The Morgan fingerprint density at radius 1 is 1.42 bits per heavy atom. The van der Waals surface area contributed by atoms with E-state index in [-0.39, 0.29) is 0 Å². The van der Waals surface area contributed by atoms with Crippen molar-refractivity contribution in [2.75, 3.05) is 0 Å². The van der Waals surface area contributed by atoms with E-state index in [9.17, 15) is 0 Å². The molecule has 0 N–H and O–H groups in total. The Morgan fingerprint density at radius 2 is 2.33 bits per heavy atom. The van der Waals surface area contributed by atoms with Crippen molar-refractivity contribution in [2.45, 2.75) is 0 Å². The van der Waals surface area contributed by atoms with Crippen molar-refractivity contribution in [1.29, 1.82) is 0 Å². The lowest BCUT2D eigenvalue weighted by Gasteiger charge is -1.98. The summed E-state index contributed by atoms with van der Waals surface area (Å²) in [6, 6.07) is 3.52. The molecule has 12 heavy (non-hydrogen) atoms. The average Bonchev–Trinajstić information content (AvgIpc) is 2.56. The minimum atomic E-state index is 0.447. The van der Waals surface area contributed by atoms with Gasteiger partial charge in [-0.05, 0) is 6.07 Å². The third-order valence-corrected chi connectivity index (χ3v) is 1.60. The first kappa shape index (κ1) is 7.24. The molecule has 2 aromatic rings. The third kappa shape index (κ3) is 1.29. The van der Waals surface area contributed by atoms with Gasteiger partial charge in [0.25, 0.3) is 0 Å². The van der Waals surface area contributed by atoms with Crippen LogP contribution in [-0.2, 0) is 0 Å². The molecule has 0 aromatic carbocycles. The quantitative estimate of drug-likeness (QED) is 0.622. The van der Waals surface area contributed by atoms with Gasteiger partial charge in [0.2, 0.25) is 0 Å². The average molecular weight is 181 g/mol.